The molecule has 0 aromatic carbocycles. The van der Waals surface area contributed by atoms with Crippen LogP contribution >= 0.6 is 0 Å². The van der Waals surface area contributed by atoms with Crippen molar-refractivity contribution in [2.24, 2.45) is 5.92 Å². The highest BCUT2D eigenvalue weighted by molar-refractivity contribution is 5.75. The van der Waals surface area contributed by atoms with Crippen molar-refractivity contribution in [1.82, 2.24) is 10.2 Å². The van der Waals surface area contributed by atoms with Crippen molar-refractivity contribution in [3.63, 3.8) is 0 Å². The van der Waals surface area contributed by atoms with Gasteiger partial charge in [0.1, 0.15) is 6.04 Å². The molecule has 1 unspecified atom stereocenters. The molecule has 5 heteroatoms. The zero-order valence-corrected chi connectivity index (χ0v) is 13.9. The van der Waals surface area contributed by atoms with Crippen molar-refractivity contribution < 1.29 is 14.3 Å². The zero-order chi connectivity index (χ0) is 15.5. The monoisotopic (exact) mass is 300 g/mol. The van der Waals surface area contributed by atoms with E-state index < -0.39 is 0 Å². The molecule has 0 bridgehead atoms. The van der Waals surface area contributed by atoms with Gasteiger partial charge in [-0.25, -0.2) is 0 Å². The normalized spacial score (nSPS) is 18.6. The smallest absolute Gasteiger partial charge is 0.323 e. The minimum atomic E-state index is -0.165. The van der Waals surface area contributed by atoms with E-state index in [0.29, 0.717) is 12.5 Å². The lowest BCUT2D eigenvalue weighted by atomic mass is 9.97. The topological polar surface area (TPSA) is 50.8 Å². The molecular weight excluding hydrogens is 268 g/mol. The quantitative estimate of drug-likeness (QED) is 0.622. The maximum atomic E-state index is 11.9. The lowest BCUT2D eigenvalue weighted by Gasteiger charge is -2.32. The fourth-order valence-corrected chi connectivity index (χ4v) is 2.79. The molecule has 0 amide bonds. The number of hydrogen-bond donors (Lipinski definition) is 1. The summed E-state index contributed by atoms with van der Waals surface area (Å²) in [7, 11) is 1.77. The van der Waals surface area contributed by atoms with E-state index in [1.807, 2.05) is 6.92 Å². The first-order valence-corrected chi connectivity index (χ1v) is 8.32. The van der Waals surface area contributed by atoms with Gasteiger partial charge in [0, 0.05) is 20.3 Å². The number of piperidine rings is 1. The molecule has 0 saturated carbocycles. The summed E-state index contributed by atoms with van der Waals surface area (Å²) in [5, 5.41) is 3.30. The standard InChI is InChI=1S/C16H32N2O3/c1-4-9-17-15(16(19)21-5-2)8-12-18-10-6-14(7-11-18)13-20-3/h14-15,17H,4-13H2,1-3H3. The highest BCUT2D eigenvalue weighted by atomic mass is 16.5. The second kappa shape index (κ2) is 11.0. The maximum Gasteiger partial charge on any atom is 0.323 e. The number of likely N-dealkylation sites (tertiary alicyclic amines) is 1. The molecule has 0 aromatic rings. The van der Waals surface area contributed by atoms with Gasteiger partial charge in [0.25, 0.3) is 0 Å². The predicted octanol–water partition coefficient (Wildman–Crippen LogP) is 1.67. The molecule has 0 aliphatic carbocycles. The van der Waals surface area contributed by atoms with E-state index in [9.17, 15) is 4.79 Å². The molecule has 1 saturated heterocycles. The van der Waals surface area contributed by atoms with Crippen molar-refractivity contribution in [3.05, 3.63) is 0 Å². The van der Waals surface area contributed by atoms with Crippen molar-refractivity contribution in [2.45, 2.75) is 45.6 Å². The van der Waals surface area contributed by atoms with Crippen LogP contribution in [0.2, 0.25) is 0 Å². The van der Waals surface area contributed by atoms with Gasteiger partial charge in [-0.05, 0) is 58.2 Å². The summed E-state index contributed by atoms with van der Waals surface area (Å²) >= 11 is 0. The molecule has 1 fully saturated rings. The SMILES string of the molecule is CCCNC(CCN1CCC(COC)CC1)C(=O)OCC. The molecule has 0 spiro atoms. The van der Waals surface area contributed by atoms with Gasteiger partial charge in [0.05, 0.1) is 6.61 Å². The highest BCUT2D eigenvalue weighted by Gasteiger charge is 2.23. The summed E-state index contributed by atoms with van der Waals surface area (Å²) in [5.41, 5.74) is 0. The Balaban J connectivity index is 2.30. The van der Waals surface area contributed by atoms with Crippen molar-refractivity contribution >= 4 is 5.97 Å². The van der Waals surface area contributed by atoms with E-state index in [0.717, 1.165) is 45.6 Å². The first kappa shape index (κ1) is 18.4. The summed E-state index contributed by atoms with van der Waals surface area (Å²) in [6.45, 7) is 9.32. The Hall–Kier alpha value is -0.650. The summed E-state index contributed by atoms with van der Waals surface area (Å²) in [6, 6.07) is -0.165. The molecule has 124 valence electrons. The van der Waals surface area contributed by atoms with Crippen molar-refractivity contribution in [2.75, 3.05) is 46.5 Å². The third kappa shape index (κ3) is 7.25. The Morgan fingerprint density at radius 1 is 1.33 bits per heavy atom. The Labute approximate surface area is 129 Å². The average molecular weight is 300 g/mol. The lowest BCUT2D eigenvalue weighted by molar-refractivity contribution is -0.146. The van der Waals surface area contributed by atoms with Crippen LogP contribution in [0.5, 0.6) is 0 Å². The van der Waals surface area contributed by atoms with Gasteiger partial charge in [-0.3, -0.25) is 4.79 Å². The van der Waals surface area contributed by atoms with Crippen LogP contribution in [0.15, 0.2) is 0 Å². The first-order chi connectivity index (χ1) is 10.2. The summed E-state index contributed by atoms with van der Waals surface area (Å²) in [4.78, 5) is 14.4. The second-order valence-electron chi connectivity index (χ2n) is 5.79. The molecule has 5 nitrogen and oxygen atoms in total. The van der Waals surface area contributed by atoms with Gasteiger partial charge >= 0.3 is 5.97 Å². The molecular formula is C16H32N2O3. The van der Waals surface area contributed by atoms with Gasteiger partial charge in [0.15, 0.2) is 0 Å². The first-order valence-electron chi connectivity index (χ1n) is 8.32. The molecule has 1 N–H and O–H groups in total. The van der Waals surface area contributed by atoms with Gasteiger partial charge in [-0.2, -0.15) is 0 Å². The van der Waals surface area contributed by atoms with E-state index >= 15 is 0 Å². The molecule has 0 aromatic heterocycles. The summed E-state index contributed by atoms with van der Waals surface area (Å²) in [6.07, 6.45) is 4.24. The molecule has 1 atom stereocenters. The molecule has 1 heterocycles. The number of hydrogen-bond acceptors (Lipinski definition) is 5. The maximum absolute atomic E-state index is 11.9. The van der Waals surface area contributed by atoms with Gasteiger partial charge in [-0.1, -0.05) is 6.92 Å². The van der Waals surface area contributed by atoms with E-state index in [4.69, 9.17) is 9.47 Å². The van der Waals surface area contributed by atoms with Crippen LogP contribution < -0.4 is 5.32 Å². The molecule has 0 radical (unpaired) electrons. The van der Waals surface area contributed by atoms with Gasteiger partial charge < -0.3 is 19.7 Å². The second-order valence-corrected chi connectivity index (χ2v) is 5.79. The number of esters is 1. The van der Waals surface area contributed by atoms with Crippen LogP contribution in [0, 0.1) is 5.92 Å². The Kier molecular flexibility index (Phi) is 9.63. The van der Waals surface area contributed by atoms with Crippen LogP contribution in [0.3, 0.4) is 0 Å². The van der Waals surface area contributed by atoms with Crippen LogP contribution in [0.1, 0.15) is 39.5 Å². The minimum absolute atomic E-state index is 0.111. The van der Waals surface area contributed by atoms with Crippen LogP contribution in [-0.2, 0) is 14.3 Å². The molecule has 1 rings (SSSR count). The number of methoxy groups -OCH3 is 1. The van der Waals surface area contributed by atoms with Crippen molar-refractivity contribution in [1.29, 1.82) is 0 Å². The number of nitrogens with zero attached hydrogens (tertiary/aromatic N) is 1. The van der Waals surface area contributed by atoms with Crippen LogP contribution in [0.25, 0.3) is 0 Å². The van der Waals surface area contributed by atoms with Gasteiger partial charge in [-0.15, -0.1) is 0 Å². The fraction of sp³-hybridized carbons (Fsp3) is 0.938. The largest absolute Gasteiger partial charge is 0.465 e. The van der Waals surface area contributed by atoms with E-state index in [1.165, 1.54) is 12.8 Å². The van der Waals surface area contributed by atoms with Gasteiger partial charge in [0.2, 0.25) is 0 Å². The van der Waals surface area contributed by atoms with E-state index in [2.05, 4.69) is 17.1 Å². The summed E-state index contributed by atoms with van der Waals surface area (Å²) < 4.78 is 10.4. The third-order valence-corrected chi connectivity index (χ3v) is 4.06. The molecule has 21 heavy (non-hydrogen) atoms. The highest BCUT2D eigenvalue weighted by Crippen LogP contribution is 2.17. The van der Waals surface area contributed by atoms with Crippen molar-refractivity contribution in [3.8, 4) is 0 Å². The number of rotatable bonds is 10. The molecule has 1 aliphatic rings. The zero-order valence-electron chi connectivity index (χ0n) is 13.9. The van der Waals surface area contributed by atoms with Crippen LogP contribution in [-0.4, -0.2) is 63.4 Å². The Morgan fingerprint density at radius 3 is 2.62 bits per heavy atom. The fourth-order valence-electron chi connectivity index (χ4n) is 2.79. The minimum Gasteiger partial charge on any atom is -0.465 e. The lowest BCUT2D eigenvalue weighted by Crippen LogP contribution is -2.43. The number of nitrogens with one attached hydrogen (secondary N) is 1. The van der Waals surface area contributed by atoms with E-state index in [-0.39, 0.29) is 12.0 Å². The average Bonchev–Trinajstić information content (AvgIpc) is 2.49. The Morgan fingerprint density at radius 2 is 2.05 bits per heavy atom. The molecule has 1 aliphatic heterocycles. The summed E-state index contributed by atoms with van der Waals surface area (Å²) in [5.74, 6) is 0.588. The van der Waals surface area contributed by atoms with E-state index in [1.54, 1.807) is 7.11 Å². The number of carbonyl (C=O) groups excluding carboxylic acids is 1. The third-order valence-electron chi connectivity index (χ3n) is 4.06. The predicted molar refractivity (Wildman–Crippen MR) is 84.4 cm³/mol. The number of carbonyl (C=O) groups is 1. The number of ether oxygens (including phenoxy) is 2. The van der Waals surface area contributed by atoms with Crippen LogP contribution in [0.4, 0.5) is 0 Å². The Bertz CT molecular complexity index is 279.